The fourth-order valence-electron chi connectivity index (χ4n) is 5.19. The van der Waals surface area contributed by atoms with Crippen LogP contribution in [0, 0.1) is 10.8 Å². The topological polar surface area (TPSA) is 81.9 Å². The summed E-state index contributed by atoms with van der Waals surface area (Å²) in [5, 5.41) is 11.3. The summed E-state index contributed by atoms with van der Waals surface area (Å²) in [7, 11) is 0. The zero-order valence-electron chi connectivity index (χ0n) is 20.5. The van der Waals surface area contributed by atoms with E-state index in [0.717, 1.165) is 32.0 Å². The molecule has 0 atom stereocenters. The van der Waals surface area contributed by atoms with E-state index in [9.17, 15) is 4.79 Å². The van der Waals surface area contributed by atoms with E-state index in [1.807, 2.05) is 28.8 Å². The Balaban J connectivity index is 1.49. The standard InChI is InChI=1S/C26H32BN5O2/c1-25(2)15-27(16-26(25,3)4)18-10-11-21-19(14-18)24(33)30-22-9-7-8-20(29-22)23-31-28-17-32(23)12-5-6-13-34-21/h7-11,14,17H,5-6,12-13,15-16H2,1-4H3,(H,29,30,33). The van der Waals surface area contributed by atoms with E-state index in [1.54, 1.807) is 12.4 Å². The molecule has 7 nitrogen and oxygen atoms in total. The summed E-state index contributed by atoms with van der Waals surface area (Å²) in [5.74, 6) is 1.59. The van der Waals surface area contributed by atoms with Gasteiger partial charge in [-0.2, -0.15) is 0 Å². The predicted octanol–water partition coefficient (Wildman–Crippen LogP) is 4.53. The van der Waals surface area contributed by atoms with Gasteiger partial charge in [-0.1, -0.05) is 64.0 Å². The number of amides is 1. The van der Waals surface area contributed by atoms with Crippen LogP contribution in [-0.4, -0.2) is 39.0 Å². The number of aryl methyl sites for hydroxylation is 1. The average Bonchev–Trinajstić information content (AvgIpc) is 3.34. The molecule has 0 spiro atoms. The van der Waals surface area contributed by atoms with Crippen LogP contribution in [0.2, 0.25) is 12.6 Å². The molecule has 2 bridgehead atoms. The minimum atomic E-state index is -0.212. The Morgan fingerprint density at radius 2 is 1.85 bits per heavy atom. The van der Waals surface area contributed by atoms with Gasteiger partial charge in [-0.3, -0.25) is 4.79 Å². The maximum atomic E-state index is 13.4. The number of carbonyl (C=O) groups is 1. The van der Waals surface area contributed by atoms with Gasteiger partial charge in [0.15, 0.2) is 12.5 Å². The SMILES string of the molecule is CC1(C)CB(c2ccc3c(c2)C(=O)Nc2cccc(n2)-c2nncn2CCCCO3)CC1(C)C. The second kappa shape index (κ2) is 8.56. The van der Waals surface area contributed by atoms with Gasteiger partial charge in [0.2, 0.25) is 0 Å². The molecule has 0 saturated carbocycles. The molecule has 176 valence electrons. The van der Waals surface area contributed by atoms with E-state index in [4.69, 9.17) is 4.74 Å². The van der Waals surface area contributed by atoms with Crippen molar-refractivity contribution in [1.29, 1.82) is 0 Å². The number of hydrogen-bond acceptors (Lipinski definition) is 5. The number of nitrogens with zero attached hydrogens (tertiary/aromatic N) is 4. The Labute approximate surface area is 201 Å². The molecule has 2 aliphatic heterocycles. The summed E-state index contributed by atoms with van der Waals surface area (Å²) in [5.41, 5.74) is 2.94. The Bertz CT molecular complexity index is 1200. The Morgan fingerprint density at radius 3 is 2.65 bits per heavy atom. The van der Waals surface area contributed by atoms with Gasteiger partial charge in [-0.15, -0.1) is 10.2 Å². The van der Waals surface area contributed by atoms with Gasteiger partial charge >= 0.3 is 0 Å². The molecule has 8 heteroatoms. The number of fused-ring (bicyclic) bond motifs is 5. The highest BCUT2D eigenvalue weighted by molar-refractivity contribution is 6.74. The number of ether oxygens (including phenoxy) is 1. The van der Waals surface area contributed by atoms with Crippen LogP contribution in [0.1, 0.15) is 50.9 Å². The molecular weight excluding hydrogens is 425 g/mol. The number of carbonyl (C=O) groups excluding carboxylic acids is 1. The van der Waals surface area contributed by atoms with Crippen molar-refractivity contribution in [3.63, 3.8) is 0 Å². The zero-order valence-corrected chi connectivity index (χ0v) is 20.5. The minimum absolute atomic E-state index is 0.212. The number of pyridine rings is 1. The molecule has 0 unspecified atom stereocenters. The molecule has 1 aromatic carbocycles. The van der Waals surface area contributed by atoms with Crippen molar-refractivity contribution in [3.8, 4) is 17.3 Å². The molecule has 1 amide bonds. The van der Waals surface area contributed by atoms with Crippen molar-refractivity contribution < 1.29 is 9.53 Å². The molecule has 1 saturated heterocycles. The lowest BCUT2D eigenvalue weighted by atomic mass is 9.42. The highest BCUT2D eigenvalue weighted by atomic mass is 16.5. The van der Waals surface area contributed by atoms with Crippen molar-refractivity contribution in [1.82, 2.24) is 19.7 Å². The van der Waals surface area contributed by atoms with Gasteiger partial charge in [0.25, 0.3) is 5.91 Å². The predicted molar refractivity (Wildman–Crippen MR) is 135 cm³/mol. The van der Waals surface area contributed by atoms with Crippen LogP contribution in [0.25, 0.3) is 11.5 Å². The Kier molecular flexibility index (Phi) is 5.70. The van der Waals surface area contributed by atoms with Gasteiger partial charge in [-0.05, 0) is 41.9 Å². The number of anilines is 1. The molecule has 1 N–H and O–H groups in total. The van der Waals surface area contributed by atoms with Gasteiger partial charge in [0, 0.05) is 6.54 Å². The van der Waals surface area contributed by atoms with E-state index >= 15 is 0 Å². The number of hydrogen-bond donors (Lipinski definition) is 1. The molecule has 5 rings (SSSR count). The van der Waals surface area contributed by atoms with Crippen LogP contribution in [0.3, 0.4) is 0 Å². The maximum absolute atomic E-state index is 13.4. The van der Waals surface area contributed by atoms with E-state index in [2.05, 4.69) is 54.3 Å². The largest absolute Gasteiger partial charge is 0.493 e. The second-order valence-electron chi connectivity index (χ2n) is 10.9. The fourth-order valence-corrected chi connectivity index (χ4v) is 5.19. The lowest BCUT2D eigenvalue weighted by Gasteiger charge is -2.35. The monoisotopic (exact) mass is 457 g/mol. The van der Waals surface area contributed by atoms with Crippen molar-refractivity contribution in [2.24, 2.45) is 10.8 Å². The molecule has 2 aliphatic rings. The third-order valence-electron chi connectivity index (χ3n) is 7.95. The lowest BCUT2D eigenvalue weighted by Crippen LogP contribution is -2.29. The zero-order chi connectivity index (χ0) is 23.9. The van der Waals surface area contributed by atoms with Crippen molar-refractivity contribution in [2.75, 3.05) is 11.9 Å². The molecular formula is C26H32BN5O2. The second-order valence-corrected chi connectivity index (χ2v) is 10.9. The average molecular weight is 457 g/mol. The van der Waals surface area contributed by atoms with Crippen LogP contribution in [0.15, 0.2) is 42.7 Å². The van der Waals surface area contributed by atoms with E-state index in [1.165, 1.54) is 5.46 Å². The molecule has 4 heterocycles. The van der Waals surface area contributed by atoms with Crippen LogP contribution in [0.5, 0.6) is 5.75 Å². The first kappa shape index (κ1) is 22.6. The van der Waals surface area contributed by atoms with E-state index < -0.39 is 0 Å². The first-order valence-electron chi connectivity index (χ1n) is 12.2. The third kappa shape index (κ3) is 4.21. The smallest absolute Gasteiger partial charge is 0.260 e. The maximum Gasteiger partial charge on any atom is 0.260 e. The first-order valence-corrected chi connectivity index (χ1v) is 12.2. The van der Waals surface area contributed by atoms with Crippen LogP contribution >= 0.6 is 0 Å². The van der Waals surface area contributed by atoms with Gasteiger partial charge in [0.1, 0.15) is 23.6 Å². The number of benzene rings is 1. The molecule has 3 aromatic rings. The fraction of sp³-hybridized carbons (Fsp3) is 0.462. The van der Waals surface area contributed by atoms with E-state index in [-0.39, 0.29) is 16.7 Å². The highest BCUT2D eigenvalue weighted by Gasteiger charge is 2.48. The van der Waals surface area contributed by atoms with Crippen molar-refractivity contribution >= 4 is 23.9 Å². The molecule has 1 fully saturated rings. The van der Waals surface area contributed by atoms with Crippen molar-refractivity contribution in [3.05, 3.63) is 48.3 Å². The molecule has 0 aliphatic carbocycles. The summed E-state index contributed by atoms with van der Waals surface area (Å²) in [6.45, 7) is 11.1. The van der Waals surface area contributed by atoms with Gasteiger partial charge in [0.05, 0.1) is 12.2 Å². The normalized spacial score (nSPS) is 19.4. The minimum Gasteiger partial charge on any atom is -0.493 e. The van der Waals surface area contributed by atoms with Crippen LogP contribution < -0.4 is 15.5 Å². The third-order valence-corrected chi connectivity index (χ3v) is 7.95. The summed E-state index contributed by atoms with van der Waals surface area (Å²) < 4.78 is 8.10. The summed E-state index contributed by atoms with van der Waals surface area (Å²) in [6.07, 6.45) is 5.70. The summed E-state index contributed by atoms with van der Waals surface area (Å²) >= 11 is 0. The molecule has 34 heavy (non-hydrogen) atoms. The number of nitrogens with one attached hydrogen (secondary N) is 1. The first-order chi connectivity index (χ1) is 16.2. The highest BCUT2D eigenvalue weighted by Crippen LogP contribution is 2.52. The van der Waals surface area contributed by atoms with Gasteiger partial charge < -0.3 is 14.6 Å². The Hall–Kier alpha value is -3.16. The number of aromatic nitrogens is 4. The number of rotatable bonds is 1. The van der Waals surface area contributed by atoms with Crippen molar-refractivity contribution in [2.45, 2.75) is 59.7 Å². The molecule has 2 aromatic heterocycles. The van der Waals surface area contributed by atoms with Gasteiger partial charge in [-0.25, -0.2) is 4.98 Å². The Morgan fingerprint density at radius 1 is 1.06 bits per heavy atom. The van der Waals surface area contributed by atoms with Crippen LogP contribution in [-0.2, 0) is 6.54 Å². The quantitative estimate of drug-likeness (QED) is 0.543. The lowest BCUT2D eigenvalue weighted by molar-refractivity contribution is 0.102. The molecule has 0 radical (unpaired) electrons. The summed E-state index contributed by atoms with van der Waals surface area (Å²) in [6, 6.07) is 11.7. The van der Waals surface area contributed by atoms with E-state index in [0.29, 0.717) is 42.0 Å². The summed E-state index contributed by atoms with van der Waals surface area (Å²) in [4.78, 5) is 18.1. The van der Waals surface area contributed by atoms with Crippen LogP contribution in [0.4, 0.5) is 5.82 Å².